The van der Waals surface area contributed by atoms with Crippen LogP contribution in [0.3, 0.4) is 0 Å². The van der Waals surface area contributed by atoms with Crippen LogP contribution in [-0.2, 0) is 10.0 Å². The van der Waals surface area contributed by atoms with Gasteiger partial charge in [0.15, 0.2) is 5.82 Å². The topological polar surface area (TPSA) is 117 Å². The van der Waals surface area contributed by atoms with E-state index in [1.165, 1.54) is 23.2 Å². The van der Waals surface area contributed by atoms with Crippen molar-refractivity contribution in [2.45, 2.75) is 24.0 Å². The van der Waals surface area contributed by atoms with Crippen molar-refractivity contribution in [3.63, 3.8) is 0 Å². The van der Waals surface area contributed by atoms with Gasteiger partial charge < -0.3 is 0 Å². The SMILES string of the molecule is NS(=O)(=O)c1nnc(-c2cnccn2)n1C1CC1. The van der Waals surface area contributed by atoms with E-state index in [0.717, 1.165) is 12.8 Å². The molecule has 1 aliphatic carbocycles. The summed E-state index contributed by atoms with van der Waals surface area (Å²) in [7, 11) is -3.88. The Morgan fingerprint density at radius 2 is 2.06 bits per heavy atom. The maximum absolute atomic E-state index is 11.4. The fourth-order valence-electron chi connectivity index (χ4n) is 1.72. The number of aromatic nitrogens is 5. The van der Waals surface area contributed by atoms with Gasteiger partial charge in [0.25, 0.3) is 15.2 Å². The van der Waals surface area contributed by atoms with Gasteiger partial charge in [0.05, 0.1) is 6.20 Å². The summed E-state index contributed by atoms with van der Waals surface area (Å²) in [6.07, 6.45) is 6.32. The van der Waals surface area contributed by atoms with Crippen LogP contribution in [0.2, 0.25) is 0 Å². The summed E-state index contributed by atoms with van der Waals surface area (Å²) in [5.41, 5.74) is 0.479. The summed E-state index contributed by atoms with van der Waals surface area (Å²) in [6, 6.07) is 0.0744. The molecule has 9 heteroatoms. The standard InChI is InChI=1S/C9H10N6O2S/c10-18(16,17)9-14-13-8(15(9)6-1-2-6)7-5-11-3-4-12-7/h3-6H,1-2H2,(H2,10,16,17). The second kappa shape index (κ2) is 3.82. The number of hydrogen-bond donors (Lipinski definition) is 1. The van der Waals surface area contributed by atoms with Gasteiger partial charge >= 0.3 is 0 Å². The van der Waals surface area contributed by atoms with Crippen LogP contribution < -0.4 is 5.14 Å². The molecule has 8 nitrogen and oxygen atoms in total. The Kier molecular flexibility index (Phi) is 2.38. The molecular formula is C9H10N6O2S. The van der Waals surface area contributed by atoms with Crippen LogP contribution in [0.25, 0.3) is 11.5 Å². The zero-order valence-corrected chi connectivity index (χ0v) is 10.1. The van der Waals surface area contributed by atoms with Gasteiger partial charge in [-0.05, 0) is 12.8 Å². The minimum atomic E-state index is -3.88. The molecule has 2 aromatic heterocycles. The van der Waals surface area contributed by atoms with Crippen molar-refractivity contribution in [3.05, 3.63) is 18.6 Å². The summed E-state index contributed by atoms with van der Waals surface area (Å²) in [5.74, 6) is 0.384. The first-order valence-electron chi connectivity index (χ1n) is 5.31. The lowest BCUT2D eigenvalue weighted by Gasteiger charge is -2.06. The van der Waals surface area contributed by atoms with E-state index in [9.17, 15) is 8.42 Å². The first-order chi connectivity index (χ1) is 8.57. The van der Waals surface area contributed by atoms with Crippen LogP contribution in [0.4, 0.5) is 0 Å². The lowest BCUT2D eigenvalue weighted by molar-refractivity contribution is 0.567. The third kappa shape index (κ3) is 1.87. The quantitative estimate of drug-likeness (QED) is 0.816. The maximum Gasteiger partial charge on any atom is 0.273 e. The Morgan fingerprint density at radius 1 is 1.28 bits per heavy atom. The molecule has 18 heavy (non-hydrogen) atoms. The fourth-order valence-corrected chi connectivity index (χ4v) is 2.39. The van der Waals surface area contributed by atoms with Crippen molar-refractivity contribution in [2.24, 2.45) is 5.14 Å². The number of hydrogen-bond acceptors (Lipinski definition) is 6. The van der Waals surface area contributed by atoms with E-state index in [2.05, 4.69) is 20.2 Å². The van der Waals surface area contributed by atoms with E-state index >= 15 is 0 Å². The maximum atomic E-state index is 11.4. The number of rotatable bonds is 3. The van der Waals surface area contributed by atoms with E-state index in [1.54, 1.807) is 0 Å². The average molecular weight is 266 g/mol. The van der Waals surface area contributed by atoms with E-state index < -0.39 is 10.0 Å². The van der Waals surface area contributed by atoms with Crippen molar-refractivity contribution >= 4 is 10.0 Å². The normalized spacial score (nSPS) is 15.8. The molecule has 0 bridgehead atoms. The number of nitrogens with two attached hydrogens (primary N) is 1. The molecule has 1 aliphatic rings. The molecule has 2 N–H and O–H groups in total. The molecule has 0 saturated heterocycles. The summed E-state index contributed by atoms with van der Waals surface area (Å²) >= 11 is 0. The fraction of sp³-hybridized carbons (Fsp3) is 0.333. The highest BCUT2D eigenvalue weighted by atomic mass is 32.2. The van der Waals surface area contributed by atoms with Gasteiger partial charge in [-0.15, -0.1) is 10.2 Å². The first-order valence-corrected chi connectivity index (χ1v) is 6.86. The summed E-state index contributed by atoms with van der Waals surface area (Å²) in [4.78, 5) is 8.02. The van der Waals surface area contributed by atoms with Gasteiger partial charge in [0, 0.05) is 18.4 Å². The van der Waals surface area contributed by atoms with Crippen LogP contribution in [0.5, 0.6) is 0 Å². The third-order valence-corrected chi connectivity index (χ3v) is 3.41. The first kappa shape index (κ1) is 11.2. The molecule has 2 heterocycles. The zero-order valence-electron chi connectivity index (χ0n) is 9.26. The summed E-state index contributed by atoms with van der Waals surface area (Å²) < 4.78 is 24.4. The summed E-state index contributed by atoms with van der Waals surface area (Å²) in [5, 5.41) is 12.4. The van der Waals surface area contributed by atoms with E-state index in [1.807, 2.05) is 0 Å². The van der Waals surface area contributed by atoms with Crippen LogP contribution in [0.15, 0.2) is 23.7 Å². The van der Waals surface area contributed by atoms with E-state index in [-0.39, 0.29) is 11.2 Å². The van der Waals surface area contributed by atoms with Crippen molar-refractivity contribution in [1.29, 1.82) is 0 Å². The smallest absolute Gasteiger partial charge is 0.273 e. The Bertz CT molecular complexity index is 676. The Labute approximate surface area is 103 Å². The molecule has 0 aliphatic heterocycles. The average Bonchev–Trinajstić information content (AvgIpc) is 3.07. The molecule has 0 atom stereocenters. The van der Waals surface area contributed by atoms with Gasteiger partial charge in [-0.2, -0.15) is 0 Å². The number of sulfonamides is 1. The second-order valence-electron chi connectivity index (χ2n) is 4.04. The van der Waals surface area contributed by atoms with E-state index in [4.69, 9.17) is 5.14 Å². The molecule has 0 amide bonds. The van der Waals surface area contributed by atoms with Gasteiger partial charge in [-0.1, -0.05) is 0 Å². The Morgan fingerprint density at radius 3 is 2.61 bits per heavy atom. The predicted octanol–water partition coefficient (Wildman–Crippen LogP) is -0.283. The van der Waals surface area contributed by atoms with Gasteiger partial charge in [-0.25, -0.2) is 18.5 Å². The highest BCUT2D eigenvalue weighted by Crippen LogP contribution is 2.39. The Hall–Kier alpha value is -1.87. The number of nitrogens with zero attached hydrogens (tertiary/aromatic N) is 5. The second-order valence-corrected chi connectivity index (χ2v) is 5.50. The van der Waals surface area contributed by atoms with Crippen LogP contribution in [-0.4, -0.2) is 33.2 Å². The third-order valence-electron chi connectivity index (χ3n) is 2.62. The Balaban J connectivity index is 2.20. The van der Waals surface area contributed by atoms with E-state index in [0.29, 0.717) is 11.5 Å². The van der Waals surface area contributed by atoms with Crippen LogP contribution in [0.1, 0.15) is 18.9 Å². The summed E-state index contributed by atoms with van der Waals surface area (Å²) in [6.45, 7) is 0. The molecule has 1 saturated carbocycles. The van der Waals surface area contributed by atoms with Crippen LogP contribution in [0, 0.1) is 0 Å². The molecular weight excluding hydrogens is 256 g/mol. The van der Waals surface area contributed by atoms with Gasteiger partial charge in [0.1, 0.15) is 5.69 Å². The van der Waals surface area contributed by atoms with Gasteiger partial charge in [-0.3, -0.25) is 9.55 Å². The zero-order chi connectivity index (χ0) is 12.8. The molecule has 0 spiro atoms. The van der Waals surface area contributed by atoms with Crippen molar-refractivity contribution in [3.8, 4) is 11.5 Å². The lowest BCUT2D eigenvalue weighted by Crippen LogP contribution is -2.18. The predicted molar refractivity (Wildman–Crippen MR) is 60.7 cm³/mol. The number of primary sulfonamides is 1. The van der Waals surface area contributed by atoms with Crippen molar-refractivity contribution in [1.82, 2.24) is 24.7 Å². The highest BCUT2D eigenvalue weighted by molar-refractivity contribution is 7.89. The van der Waals surface area contributed by atoms with Gasteiger partial charge in [0.2, 0.25) is 0 Å². The van der Waals surface area contributed by atoms with Crippen LogP contribution >= 0.6 is 0 Å². The molecule has 3 rings (SSSR count). The minimum absolute atomic E-state index is 0.0744. The molecule has 0 radical (unpaired) electrons. The molecule has 94 valence electrons. The largest absolute Gasteiger partial charge is 0.292 e. The molecule has 1 fully saturated rings. The molecule has 0 aromatic carbocycles. The van der Waals surface area contributed by atoms with Crippen molar-refractivity contribution < 1.29 is 8.42 Å². The minimum Gasteiger partial charge on any atom is -0.292 e. The monoisotopic (exact) mass is 266 g/mol. The van der Waals surface area contributed by atoms with Crippen molar-refractivity contribution in [2.75, 3.05) is 0 Å². The highest BCUT2D eigenvalue weighted by Gasteiger charge is 2.33. The molecule has 2 aromatic rings. The molecule has 0 unspecified atom stereocenters. The lowest BCUT2D eigenvalue weighted by atomic mass is 10.4.